The Balaban J connectivity index is 2.53. The van der Waals surface area contributed by atoms with E-state index in [4.69, 9.17) is 5.11 Å². The van der Waals surface area contributed by atoms with Crippen molar-refractivity contribution in [2.24, 2.45) is 5.18 Å². The fourth-order valence-electron chi connectivity index (χ4n) is 1.40. The van der Waals surface area contributed by atoms with Gasteiger partial charge < -0.3 is 5.11 Å². The first kappa shape index (κ1) is 13.2. The highest BCUT2D eigenvalue weighted by molar-refractivity contribution is 7.99. The highest BCUT2D eigenvalue weighted by Crippen LogP contribution is 2.31. The molecule has 1 aromatic carbocycles. The third-order valence-electron chi connectivity index (χ3n) is 2.47. The van der Waals surface area contributed by atoms with Gasteiger partial charge >= 0.3 is 0 Å². The summed E-state index contributed by atoms with van der Waals surface area (Å²) in [5, 5.41) is 11.9. The number of nitrogens with zero attached hydrogens (tertiary/aromatic N) is 1. The van der Waals surface area contributed by atoms with Gasteiger partial charge in [0, 0.05) is 17.1 Å². The van der Waals surface area contributed by atoms with E-state index in [0.29, 0.717) is 6.42 Å². The third-order valence-corrected chi connectivity index (χ3v) is 3.98. The zero-order chi connectivity index (χ0) is 11.9. The molecule has 0 aromatic heterocycles. The predicted octanol–water partition coefficient (Wildman–Crippen LogP) is 2.83. The summed E-state index contributed by atoms with van der Waals surface area (Å²) in [4.78, 5) is 10.4. The Labute approximate surface area is 100 Å². The van der Waals surface area contributed by atoms with Crippen molar-refractivity contribution in [2.75, 3.05) is 13.2 Å². The Morgan fingerprint density at radius 2 is 2.06 bits per heavy atom. The number of hydrogen-bond donors (Lipinski definition) is 1. The lowest BCUT2D eigenvalue weighted by Crippen LogP contribution is -2.25. The second-order valence-corrected chi connectivity index (χ2v) is 5.55. The van der Waals surface area contributed by atoms with Gasteiger partial charge in [0.15, 0.2) is 0 Å². The molecule has 4 heteroatoms. The van der Waals surface area contributed by atoms with Crippen LogP contribution in [0.1, 0.15) is 18.9 Å². The molecule has 0 spiro atoms. The normalized spacial score (nSPS) is 14.4. The van der Waals surface area contributed by atoms with Crippen LogP contribution >= 0.6 is 11.8 Å². The molecule has 0 heterocycles. The molecule has 0 aliphatic carbocycles. The van der Waals surface area contributed by atoms with Crippen molar-refractivity contribution < 1.29 is 5.11 Å². The molecular formula is C12H17NO2S. The molecule has 0 aliphatic rings. The maximum atomic E-state index is 10.4. The predicted molar refractivity (Wildman–Crippen MR) is 68.5 cm³/mol. The molecule has 0 saturated heterocycles. The summed E-state index contributed by atoms with van der Waals surface area (Å²) in [5.41, 5.74) is 1.22. The first-order chi connectivity index (χ1) is 7.70. The van der Waals surface area contributed by atoms with E-state index in [9.17, 15) is 4.91 Å². The second kappa shape index (κ2) is 6.66. The number of aliphatic hydroxyl groups excluding tert-OH is 1. The Kier molecular flexibility index (Phi) is 5.49. The van der Waals surface area contributed by atoms with Crippen LogP contribution in [0.15, 0.2) is 35.5 Å². The standard InChI is InChI=1S/C12H17NO2S/c1-12(7-8-14,10-13-15)16-9-11-5-3-2-4-6-11/h2-6,14H,7-10H2,1H3. The van der Waals surface area contributed by atoms with Crippen LogP contribution < -0.4 is 0 Å². The van der Waals surface area contributed by atoms with E-state index in [-0.39, 0.29) is 17.9 Å². The van der Waals surface area contributed by atoms with Crippen LogP contribution in [0.3, 0.4) is 0 Å². The molecule has 0 amide bonds. The minimum atomic E-state index is -0.258. The van der Waals surface area contributed by atoms with E-state index in [1.165, 1.54) is 5.56 Å². The van der Waals surface area contributed by atoms with Gasteiger partial charge in [-0.1, -0.05) is 35.5 Å². The lowest BCUT2D eigenvalue weighted by Gasteiger charge is -2.25. The van der Waals surface area contributed by atoms with Crippen LogP contribution in [0.2, 0.25) is 0 Å². The van der Waals surface area contributed by atoms with Crippen LogP contribution in [-0.4, -0.2) is 23.0 Å². The van der Waals surface area contributed by atoms with E-state index in [1.807, 2.05) is 25.1 Å². The molecule has 16 heavy (non-hydrogen) atoms. The van der Waals surface area contributed by atoms with Gasteiger partial charge in [-0.3, -0.25) is 0 Å². The van der Waals surface area contributed by atoms with Crippen molar-refractivity contribution >= 4 is 11.8 Å². The van der Waals surface area contributed by atoms with E-state index in [0.717, 1.165) is 5.75 Å². The van der Waals surface area contributed by atoms with Crippen molar-refractivity contribution in [3.05, 3.63) is 40.8 Å². The summed E-state index contributed by atoms with van der Waals surface area (Å²) < 4.78 is -0.258. The Morgan fingerprint density at radius 3 is 2.62 bits per heavy atom. The van der Waals surface area contributed by atoms with E-state index >= 15 is 0 Å². The van der Waals surface area contributed by atoms with Gasteiger partial charge in [0.05, 0.1) is 6.54 Å². The van der Waals surface area contributed by atoms with Crippen molar-refractivity contribution in [1.29, 1.82) is 0 Å². The Morgan fingerprint density at radius 1 is 1.38 bits per heavy atom. The van der Waals surface area contributed by atoms with Crippen molar-refractivity contribution in [1.82, 2.24) is 0 Å². The van der Waals surface area contributed by atoms with E-state index in [2.05, 4.69) is 17.3 Å². The smallest absolute Gasteiger partial charge is 0.0956 e. The highest BCUT2D eigenvalue weighted by Gasteiger charge is 2.24. The number of thioether (sulfide) groups is 1. The molecule has 0 radical (unpaired) electrons. The van der Waals surface area contributed by atoms with Crippen LogP contribution in [0.5, 0.6) is 0 Å². The average Bonchev–Trinajstić information content (AvgIpc) is 2.29. The van der Waals surface area contributed by atoms with Crippen LogP contribution in [0.25, 0.3) is 0 Å². The summed E-state index contributed by atoms with van der Waals surface area (Å²) in [6, 6.07) is 10.1. The fourth-order valence-corrected chi connectivity index (χ4v) is 2.49. The Hall–Kier alpha value is -0.870. The quantitative estimate of drug-likeness (QED) is 0.744. The molecule has 1 aromatic rings. The largest absolute Gasteiger partial charge is 0.396 e. The number of benzene rings is 1. The summed E-state index contributed by atoms with van der Waals surface area (Å²) in [7, 11) is 0. The number of hydrogen-bond acceptors (Lipinski definition) is 4. The Bertz CT molecular complexity index is 318. The molecule has 0 bridgehead atoms. The molecule has 0 saturated carbocycles. The fraction of sp³-hybridized carbons (Fsp3) is 0.500. The minimum absolute atomic E-state index is 0.0911. The number of nitroso groups, excluding NO2 is 1. The van der Waals surface area contributed by atoms with Gasteiger partial charge in [0.1, 0.15) is 0 Å². The molecule has 0 fully saturated rings. The van der Waals surface area contributed by atoms with Crippen LogP contribution in [0.4, 0.5) is 0 Å². The van der Waals surface area contributed by atoms with E-state index < -0.39 is 0 Å². The zero-order valence-electron chi connectivity index (χ0n) is 9.43. The van der Waals surface area contributed by atoms with Gasteiger partial charge in [-0.15, -0.1) is 11.8 Å². The maximum absolute atomic E-state index is 10.4. The SMILES string of the molecule is CC(CCO)(CN=O)SCc1ccccc1. The molecule has 88 valence electrons. The molecule has 1 rings (SSSR count). The van der Waals surface area contributed by atoms with Gasteiger partial charge in [-0.2, -0.15) is 4.91 Å². The van der Waals surface area contributed by atoms with Crippen molar-refractivity contribution in [3.63, 3.8) is 0 Å². The molecular weight excluding hydrogens is 222 g/mol. The number of aliphatic hydroxyl groups is 1. The summed E-state index contributed by atoms with van der Waals surface area (Å²) >= 11 is 1.67. The summed E-state index contributed by atoms with van der Waals surface area (Å²) in [6.45, 7) is 2.30. The lowest BCUT2D eigenvalue weighted by molar-refractivity contribution is 0.273. The van der Waals surface area contributed by atoms with Crippen molar-refractivity contribution in [3.8, 4) is 0 Å². The van der Waals surface area contributed by atoms with Gasteiger partial charge in [-0.05, 0) is 18.9 Å². The molecule has 1 N–H and O–H groups in total. The second-order valence-electron chi connectivity index (χ2n) is 3.98. The monoisotopic (exact) mass is 239 g/mol. The molecule has 3 nitrogen and oxygen atoms in total. The first-order valence-electron chi connectivity index (χ1n) is 5.28. The summed E-state index contributed by atoms with van der Waals surface area (Å²) in [6.07, 6.45) is 0.593. The summed E-state index contributed by atoms with van der Waals surface area (Å²) in [5.74, 6) is 0.840. The van der Waals surface area contributed by atoms with Gasteiger partial charge in [0.25, 0.3) is 0 Å². The minimum Gasteiger partial charge on any atom is -0.396 e. The first-order valence-corrected chi connectivity index (χ1v) is 6.26. The average molecular weight is 239 g/mol. The lowest BCUT2D eigenvalue weighted by atomic mass is 10.1. The third kappa shape index (κ3) is 4.33. The van der Waals surface area contributed by atoms with Crippen LogP contribution in [-0.2, 0) is 5.75 Å². The van der Waals surface area contributed by atoms with Gasteiger partial charge in [0.2, 0.25) is 0 Å². The van der Waals surface area contributed by atoms with Gasteiger partial charge in [-0.25, -0.2) is 0 Å². The molecule has 1 unspecified atom stereocenters. The highest BCUT2D eigenvalue weighted by atomic mass is 32.2. The topological polar surface area (TPSA) is 49.7 Å². The van der Waals surface area contributed by atoms with Crippen molar-refractivity contribution in [2.45, 2.75) is 23.8 Å². The van der Waals surface area contributed by atoms with Crippen LogP contribution in [0, 0.1) is 4.91 Å². The zero-order valence-corrected chi connectivity index (χ0v) is 10.2. The van der Waals surface area contributed by atoms with E-state index in [1.54, 1.807) is 11.8 Å². The molecule has 0 aliphatic heterocycles. The number of rotatable bonds is 7. The molecule has 1 atom stereocenters. The maximum Gasteiger partial charge on any atom is 0.0956 e.